The number of aliphatic hydroxyl groups excluding tert-OH is 1. The summed E-state index contributed by atoms with van der Waals surface area (Å²) in [5.74, 6) is 0.566. The van der Waals surface area contributed by atoms with Gasteiger partial charge < -0.3 is 10.8 Å². The number of hydrogen-bond acceptors (Lipinski definition) is 3. The lowest BCUT2D eigenvalue weighted by atomic mass is 9.88. The maximum atomic E-state index is 9.30. The molecule has 0 fully saturated rings. The van der Waals surface area contributed by atoms with Crippen molar-refractivity contribution in [3.8, 4) is 0 Å². The molecule has 1 unspecified atom stereocenters. The average Bonchev–Trinajstić information content (AvgIpc) is 2.64. The quantitative estimate of drug-likeness (QED) is 0.755. The maximum Gasteiger partial charge on any atom is 0.0719 e. The first-order chi connectivity index (χ1) is 7.01. The molecule has 0 aromatic carbocycles. The first-order valence-electron chi connectivity index (χ1n) is 5.36. The summed E-state index contributed by atoms with van der Waals surface area (Å²) in [6, 6.07) is 1.94. The van der Waals surface area contributed by atoms with Gasteiger partial charge in [0.1, 0.15) is 0 Å². The Morgan fingerprint density at radius 3 is 2.73 bits per heavy atom. The van der Waals surface area contributed by atoms with Gasteiger partial charge in [0.2, 0.25) is 0 Å². The van der Waals surface area contributed by atoms with E-state index in [-0.39, 0.29) is 6.61 Å². The zero-order valence-electron chi connectivity index (χ0n) is 9.77. The summed E-state index contributed by atoms with van der Waals surface area (Å²) >= 11 is 0. The van der Waals surface area contributed by atoms with Crippen molar-refractivity contribution >= 4 is 0 Å². The maximum absolute atomic E-state index is 9.30. The molecule has 0 bridgehead atoms. The SMILES string of the molecule is CC(C)Cn1ccc(C(C)(CN)CO)n1. The molecule has 3 N–H and O–H groups in total. The van der Waals surface area contributed by atoms with Gasteiger partial charge in [-0.2, -0.15) is 5.10 Å². The highest BCUT2D eigenvalue weighted by Crippen LogP contribution is 2.19. The molecule has 1 heterocycles. The molecule has 1 aromatic rings. The molecule has 0 saturated heterocycles. The van der Waals surface area contributed by atoms with Crippen molar-refractivity contribution in [2.45, 2.75) is 32.7 Å². The van der Waals surface area contributed by atoms with Gasteiger partial charge in [-0.1, -0.05) is 20.8 Å². The highest BCUT2D eigenvalue weighted by molar-refractivity contribution is 5.14. The van der Waals surface area contributed by atoms with Crippen molar-refractivity contribution in [2.24, 2.45) is 11.7 Å². The van der Waals surface area contributed by atoms with Crippen molar-refractivity contribution in [2.75, 3.05) is 13.2 Å². The number of hydrogen-bond donors (Lipinski definition) is 2. The summed E-state index contributed by atoms with van der Waals surface area (Å²) in [5.41, 5.74) is 6.11. The van der Waals surface area contributed by atoms with E-state index in [9.17, 15) is 5.11 Å². The molecular weight excluding hydrogens is 190 g/mol. The fraction of sp³-hybridized carbons (Fsp3) is 0.727. The molecule has 0 spiro atoms. The monoisotopic (exact) mass is 211 g/mol. The van der Waals surface area contributed by atoms with Crippen LogP contribution in [0.2, 0.25) is 0 Å². The molecule has 0 saturated carbocycles. The van der Waals surface area contributed by atoms with Gasteiger partial charge in [-0.05, 0) is 12.0 Å². The topological polar surface area (TPSA) is 64.1 Å². The van der Waals surface area contributed by atoms with Crippen molar-refractivity contribution in [3.05, 3.63) is 18.0 Å². The van der Waals surface area contributed by atoms with Crippen molar-refractivity contribution in [3.63, 3.8) is 0 Å². The molecule has 0 aliphatic heterocycles. The first kappa shape index (κ1) is 12.2. The summed E-state index contributed by atoms with van der Waals surface area (Å²) in [6.07, 6.45) is 1.94. The van der Waals surface area contributed by atoms with Gasteiger partial charge in [-0.3, -0.25) is 4.68 Å². The van der Waals surface area contributed by atoms with E-state index in [0.717, 1.165) is 12.2 Å². The van der Waals surface area contributed by atoms with Crippen molar-refractivity contribution in [1.82, 2.24) is 9.78 Å². The van der Waals surface area contributed by atoms with Crippen LogP contribution in [0.4, 0.5) is 0 Å². The van der Waals surface area contributed by atoms with Gasteiger partial charge in [-0.15, -0.1) is 0 Å². The second kappa shape index (κ2) is 4.77. The fourth-order valence-electron chi connectivity index (χ4n) is 1.41. The van der Waals surface area contributed by atoms with Crippen LogP contribution in [0.3, 0.4) is 0 Å². The average molecular weight is 211 g/mol. The molecule has 1 atom stereocenters. The van der Waals surface area contributed by atoms with Gasteiger partial charge in [0.15, 0.2) is 0 Å². The van der Waals surface area contributed by atoms with Gasteiger partial charge in [0, 0.05) is 24.7 Å². The second-order valence-corrected chi connectivity index (χ2v) is 4.74. The Hall–Kier alpha value is -0.870. The molecule has 4 heteroatoms. The van der Waals surface area contributed by atoms with E-state index in [2.05, 4.69) is 18.9 Å². The van der Waals surface area contributed by atoms with E-state index < -0.39 is 5.41 Å². The lowest BCUT2D eigenvalue weighted by molar-refractivity contribution is 0.206. The smallest absolute Gasteiger partial charge is 0.0719 e. The minimum absolute atomic E-state index is 0.0300. The molecule has 0 amide bonds. The molecule has 4 nitrogen and oxygen atoms in total. The lowest BCUT2D eigenvalue weighted by Crippen LogP contribution is -2.36. The van der Waals surface area contributed by atoms with Gasteiger partial charge >= 0.3 is 0 Å². The standard InChI is InChI=1S/C11H21N3O/c1-9(2)6-14-5-4-10(13-14)11(3,7-12)8-15/h4-5,9,15H,6-8,12H2,1-3H3. The van der Waals surface area contributed by atoms with E-state index >= 15 is 0 Å². The second-order valence-electron chi connectivity index (χ2n) is 4.74. The molecule has 0 radical (unpaired) electrons. The van der Waals surface area contributed by atoms with E-state index in [1.54, 1.807) is 0 Å². The van der Waals surface area contributed by atoms with Gasteiger partial charge in [0.05, 0.1) is 12.3 Å². The Kier molecular flexibility index (Phi) is 3.88. The first-order valence-corrected chi connectivity index (χ1v) is 5.36. The number of aliphatic hydroxyl groups is 1. The van der Waals surface area contributed by atoms with Gasteiger partial charge in [-0.25, -0.2) is 0 Å². The Labute approximate surface area is 91.1 Å². The lowest BCUT2D eigenvalue weighted by Gasteiger charge is -2.22. The molecule has 1 rings (SSSR count). The van der Waals surface area contributed by atoms with Crippen LogP contribution in [0.1, 0.15) is 26.5 Å². The van der Waals surface area contributed by atoms with E-state index in [1.807, 2.05) is 23.9 Å². The Bertz CT molecular complexity index is 303. The Morgan fingerprint density at radius 1 is 1.60 bits per heavy atom. The molecule has 1 aromatic heterocycles. The summed E-state index contributed by atoms with van der Waals surface area (Å²) in [4.78, 5) is 0. The highest BCUT2D eigenvalue weighted by Gasteiger charge is 2.26. The predicted molar refractivity (Wildman–Crippen MR) is 60.6 cm³/mol. The normalized spacial score (nSPS) is 15.6. The van der Waals surface area contributed by atoms with Crippen LogP contribution in [0.15, 0.2) is 12.3 Å². The minimum atomic E-state index is -0.414. The third-order valence-electron chi connectivity index (χ3n) is 2.61. The molecular formula is C11H21N3O. The van der Waals surface area contributed by atoms with Crippen molar-refractivity contribution < 1.29 is 5.11 Å². The van der Waals surface area contributed by atoms with Crippen LogP contribution in [0.5, 0.6) is 0 Å². The summed E-state index contributed by atoms with van der Waals surface area (Å²) in [7, 11) is 0. The zero-order valence-corrected chi connectivity index (χ0v) is 9.77. The van der Waals surface area contributed by atoms with E-state index in [0.29, 0.717) is 12.5 Å². The van der Waals surface area contributed by atoms with Crippen LogP contribution >= 0.6 is 0 Å². The number of rotatable bonds is 5. The summed E-state index contributed by atoms with van der Waals surface area (Å²) in [5, 5.41) is 13.7. The Balaban J connectivity index is 2.83. The van der Waals surface area contributed by atoms with Crippen molar-refractivity contribution in [1.29, 1.82) is 0 Å². The predicted octanol–water partition coefficient (Wildman–Crippen LogP) is 0.748. The Morgan fingerprint density at radius 2 is 2.27 bits per heavy atom. The zero-order chi connectivity index (χ0) is 11.5. The summed E-state index contributed by atoms with van der Waals surface area (Å²) < 4.78 is 1.91. The van der Waals surface area contributed by atoms with Crippen LogP contribution in [-0.4, -0.2) is 28.0 Å². The largest absolute Gasteiger partial charge is 0.395 e. The number of aromatic nitrogens is 2. The number of nitrogens with zero attached hydrogens (tertiary/aromatic N) is 2. The minimum Gasteiger partial charge on any atom is -0.395 e. The van der Waals surface area contributed by atoms with E-state index in [1.165, 1.54) is 0 Å². The third kappa shape index (κ3) is 2.79. The molecule has 86 valence electrons. The van der Waals surface area contributed by atoms with Crippen LogP contribution in [0.25, 0.3) is 0 Å². The molecule has 0 aliphatic rings. The van der Waals surface area contributed by atoms with Crippen LogP contribution in [0, 0.1) is 5.92 Å². The van der Waals surface area contributed by atoms with Gasteiger partial charge in [0.25, 0.3) is 0 Å². The van der Waals surface area contributed by atoms with Crippen LogP contribution < -0.4 is 5.73 Å². The fourth-order valence-corrected chi connectivity index (χ4v) is 1.41. The van der Waals surface area contributed by atoms with Crippen LogP contribution in [-0.2, 0) is 12.0 Å². The third-order valence-corrected chi connectivity index (χ3v) is 2.61. The molecule has 0 aliphatic carbocycles. The molecule has 15 heavy (non-hydrogen) atoms. The highest BCUT2D eigenvalue weighted by atomic mass is 16.3. The van der Waals surface area contributed by atoms with E-state index in [4.69, 9.17) is 5.73 Å². The summed E-state index contributed by atoms with van der Waals surface area (Å²) in [6.45, 7) is 7.55. The number of nitrogens with two attached hydrogens (primary N) is 1.